The summed E-state index contributed by atoms with van der Waals surface area (Å²) in [5.74, 6) is 1.25. The quantitative estimate of drug-likeness (QED) is 0.565. The molecule has 0 aliphatic rings. The van der Waals surface area contributed by atoms with Gasteiger partial charge in [0.1, 0.15) is 5.82 Å². The first kappa shape index (κ1) is 14.6. The second-order valence-corrected chi connectivity index (χ2v) is 5.06. The predicted molar refractivity (Wildman–Crippen MR) is 80.0 cm³/mol. The fourth-order valence-electron chi connectivity index (χ4n) is 2.10. The van der Waals surface area contributed by atoms with Gasteiger partial charge >= 0.3 is 0 Å². The summed E-state index contributed by atoms with van der Waals surface area (Å²) in [6.45, 7) is 4.49. The van der Waals surface area contributed by atoms with E-state index in [9.17, 15) is 0 Å². The minimum Gasteiger partial charge on any atom is -0.381 e. The summed E-state index contributed by atoms with van der Waals surface area (Å²) in [5.41, 5.74) is 1.87. The normalized spacial score (nSPS) is 11.3. The average molecular weight is 301 g/mol. The molecule has 0 saturated heterocycles. The molecule has 1 aromatic carbocycles. The Morgan fingerprint density at radius 1 is 1.32 bits per heavy atom. The summed E-state index contributed by atoms with van der Waals surface area (Å²) in [6.07, 6.45) is 1.98. The number of hydrogen-bond acceptors (Lipinski definition) is 2. The van der Waals surface area contributed by atoms with Crippen molar-refractivity contribution >= 4 is 34.2 Å². The molecule has 2 rings (SSSR count). The molecule has 0 bridgehead atoms. The number of rotatable bonds is 7. The summed E-state index contributed by atoms with van der Waals surface area (Å²) in [7, 11) is 0. The zero-order valence-electron chi connectivity index (χ0n) is 11.0. The van der Waals surface area contributed by atoms with Crippen LogP contribution >= 0.6 is 23.2 Å². The number of imidazole rings is 1. The highest BCUT2D eigenvalue weighted by molar-refractivity contribution is 6.35. The van der Waals surface area contributed by atoms with E-state index in [0.717, 1.165) is 54.5 Å². The maximum absolute atomic E-state index is 6.26. The van der Waals surface area contributed by atoms with Gasteiger partial charge in [0.25, 0.3) is 0 Å². The van der Waals surface area contributed by atoms with Gasteiger partial charge in [-0.1, -0.05) is 24.6 Å². The van der Waals surface area contributed by atoms with Crippen molar-refractivity contribution in [3.05, 3.63) is 29.0 Å². The van der Waals surface area contributed by atoms with Crippen molar-refractivity contribution in [1.29, 1.82) is 0 Å². The Kier molecular flexibility index (Phi) is 5.49. The first-order valence-electron chi connectivity index (χ1n) is 6.55. The molecule has 0 aliphatic heterocycles. The Balaban J connectivity index is 2.15. The van der Waals surface area contributed by atoms with Gasteiger partial charge < -0.3 is 9.30 Å². The minimum absolute atomic E-state index is 0.390. The number of halogens is 2. The number of ether oxygens (including phenoxy) is 1. The van der Waals surface area contributed by atoms with Crippen molar-refractivity contribution in [2.24, 2.45) is 0 Å². The van der Waals surface area contributed by atoms with Gasteiger partial charge in [0.15, 0.2) is 0 Å². The zero-order chi connectivity index (χ0) is 13.7. The lowest BCUT2D eigenvalue weighted by Gasteiger charge is -2.08. The van der Waals surface area contributed by atoms with Crippen LogP contribution in [-0.2, 0) is 17.2 Å². The third-order valence-electron chi connectivity index (χ3n) is 2.93. The second kappa shape index (κ2) is 7.13. The fraction of sp³-hybridized carbons (Fsp3) is 0.500. The Hall–Kier alpha value is -0.770. The molecule has 0 spiro atoms. The monoisotopic (exact) mass is 300 g/mol. The van der Waals surface area contributed by atoms with Gasteiger partial charge in [-0.3, -0.25) is 0 Å². The number of hydrogen-bond donors (Lipinski definition) is 0. The highest BCUT2D eigenvalue weighted by Crippen LogP contribution is 2.25. The van der Waals surface area contributed by atoms with Gasteiger partial charge in [-0.25, -0.2) is 4.98 Å². The molecule has 5 heteroatoms. The van der Waals surface area contributed by atoms with E-state index in [4.69, 9.17) is 27.9 Å². The van der Waals surface area contributed by atoms with Crippen molar-refractivity contribution in [3.63, 3.8) is 0 Å². The topological polar surface area (TPSA) is 27.1 Å². The number of fused-ring (bicyclic) bond motifs is 1. The number of para-hydroxylation sites is 1. The van der Waals surface area contributed by atoms with E-state index in [2.05, 4.69) is 16.5 Å². The van der Waals surface area contributed by atoms with Crippen LogP contribution in [0.25, 0.3) is 11.0 Å². The molecule has 2 aromatic rings. The number of benzene rings is 1. The van der Waals surface area contributed by atoms with Gasteiger partial charge in [-0.2, -0.15) is 0 Å². The van der Waals surface area contributed by atoms with Crippen LogP contribution in [0.2, 0.25) is 5.02 Å². The van der Waals surface area contributed by atoms with Crippen LogP contribution in [0.15, 0.2) is 18.2 Å². The summed E-state index contributed by atoms with van der Waals surface area (Å²) in [4.78, 5) is 4.51. The molecular weight excluding hydrogens is 283 g/mol. The molecule has 0 N–H and O–H groups in total. The van der Waals surface area contributed by atoms with Crippen LogP contribution in [0.1, 0.15) is 25.6 Å². The summed E-state index contributed by atoms with van der Waals surface area (Å²) >= 11 is 12.2. The highest BCUT2D eigenvalue weighted by Gasteiger charge is 2.12. The lowest BCUT2D eigenvalue weighted by molar-refractivity contribution is 0.129. The first-order chi connectivity index (χ1) is 9.27. The number of nitrogens with zero attached hydrogens (tertiary/aromatic N) is 2. The van der Waals surface area contributed by atoms with Crippen LogP contribution in [0.5, 0.6) is 0 Å². The second-order valence-electron chi connectivity index (χ2n) is 4.39. The molecule has 0 amide bonds. The molecular formula is C14H18Cl2N2O. The van der Waals surface area contributed by atoms with Crippen molar-refractivity contribution in [2.45, 2.75) is 32.2 Å². The molecule has 19 heavy (non-hydrogen) atoms. The number of aromatic nitrogens is 2. The van der Waals surface area contributed by atoms with Crippen molar-refractivity contribution in [2.75, 3.05) is 13.2 Å². The van der Waals surface area contributed by atoms with Crippen molar-refractivity contribution in [3.8, 4) is 0 Å². The summed E-state index contributed by atoms with van der Waals surface area (Å²) in [6, 6.07) is 5.75. The van der Waals surface area contributed by atoms with E-state index in [0.29, 0.717) is 5.88 Å². The number of aryl methyl sites for hydroxylation is 1. The highest BCUT2D eigenvalue weighted by atomic mass is 35.5. The van der Waals surface area contributed by atoms with E-state index in [1.54, 1.807) is 0 Å². The molecule has 1 heterocycles. The molecule has 0 fully saturated rings. The number of alkyl halides is 1. The molecule has 0 unspecified atom stereocenters. The van der Waals surface area contributed by atoms with E-state index < -0.39 is 0 Å². The van der Waals surface area contributed by atoms with Gasteiger partial charge in [0.05, 0.1) is 21.9 Å². The van der Waals surface area contributed by atoms with Crippen molar-refractivity contribution in [1.82, 2.24) is 9.55 Å². The Morgan fingerprint density at radius 3 is 2.89 bits per heavy atom. The standard InChI is InChI=1S/C14H18Cl2N2O/c1-2-8-19-9-4-7-18-13(10-15)17-12-6-3-5-11(16)14(12)18/h3,5-6H,2,4,7-10H2,1H3. The van der Waals surface area contributed by atoms with Crippen LogP contribution in [0.3, 0.4) is 0 Å². The summed E-state index contributed by atoms with van der Waals surface area (Å²) < 4.78 is 7.59. The maximum atomic E-state index is 6.26. The lowest BCUT2D eigenvalue weighted by atomic mass is 10.3. The minimum atomic E-state index is 0.390. The molecule has 0 saturated carbocycles. The van der Waals surface area contributed by atoms with Gasteiger partial charge in [-0.15, -0.1) is 11.6 Å². The van der Waals surface area contributed by atoms with Crippen LogP contribution in [-0.4, -0.2) is 22.8 Å². The third-order valence-corrected chi connectivity index (χ3v) is 3.48. The zero-order valence-corrected chi connectivity index (χ0v) is 12.5. The van der Waals surface area contributed by atoms with E-state index in [1.807, 2.05) is 18.2 Å². The first-order valence-corrected chi connectivity index (χ1v) is 7.46. The molecule has 3 nitrogen and oxygen atoms in total. The Morgan fingerprint density at radius 2 is 2.16 bits per heavy atom. The van der Waals surface area contributed by atoms with E-state index >= 15 is 0 Å². The smallest absolute Gasteiger partial charge is 0.124 e. The van der Waals surface area contributed by atoms with Gasteiger partial charge in [-0.05, 0) is 25.0 Å². The largest absolute Gasteiger partial charge is 0.381 e. The molecule has 0 aliphatic carbocycles. The van der Waals surface area contributed by atoms with Gasteiger partial charge in [0, 0.05) is 19.8 Å². The maximum Gasteiger partial charge on any atom is 0.124 e. The van der Waals surface area contributed by atoms with Crippen molar-refractivity contribution < 1.29 is 4.74 Å². The van der Waals surface area contributed by atoms with Crippen LogP contribution in [0.4, 0.5) is 0 Å². The molecule has 104 valence electrons. The molecule has 0 radical (unpaired) electrons. The van der Waals surface area contributed by atoms with E-state index in [-0.39, 0.29) is 0 Å². The Labute approximate surface area is 123 Å². The van der Waals surface area contributed by atoms with Crippen LogP contribution in [0, 0.1) is 0 Å². The Bertz CT molecular complexity index is 539. The van der Waals surface area contributed by atoms with Gasteiger partial charge in [0.2, 0.25) is 0 Å². The summed E-state index contributed by atoms with van der Waals surface area (Å²) in [5, 5.41) is 0.718. The average Bonchev–Trinajstić information content (AvgIpc) is 2.78. The van der Waals surface area contributed by atoms with Crippen LogP contribution < -0.4 is 0 Å². The lowest BCUT2D eigenvalue weighted by Crippen LogP contribution is -2.06. The molecule has 1 aromatic heterocycles. The molecule has 0 atom stereocenters. The fourth-order valence-corrected chi connectivity index (χ4v) is 2.58. The SMILES string of the molecule is CCCOCCCn1c(CCl)nc2cccc(Cl)c21. The van der Waals surface area contributed by atoms with E-state index in [1.165, 1.54) is 0 Å². The predicted octanol–water partition coefficient (Wildman–Crippen LogP) is 4.25. The third kappa shape index (κ3) is 3.41.